The molecule has 0 radical (unpaired) electrons. The zero-order chi connectivity index (χ0) is 20.5. The van der Waals surface area contributed by atoms with E-state index in [2.05, 4.69) is 25.5 Å². The maximum atomic E-state index is 13.2. The van der Waals surface area contributed by atoms with E-state index in [0.29, 0.717) is 29.0 Å². The summed E-state index contributed by atoms with van der Waals surface area (Å²) < 4.78 is 6.78. The van der Waals surface area contributed by atoms with Gasteiger partial charge in [0.2, 0.25) is 5.95 Å². The minimum Gasteiger partial charge on any atom is -0.497 e. The van der Waals surface area contributed by atoms with Gasteiger partial charge >= 0.3 is 0 Å². The van der Waals surface area contributed by atoms with Crippen LogP contribution in [0, 0.1) is 0 Å². The van der Waals surface area contributed by atoms with Crippen molar-refractivity contribution in [3.63, 3.8) is 0 Å². The number of hydrogen-bond donors (Lipinski definition) is 2. The third-order valence-electron chi connectivity index (χ3n) is 4.95. The van der Waals surface area contributed by atoms with Crippen LogP contribution in [0.4, 0.5) is 5.95 Å². The van der Waals surface area contributed by atoms with E-state index in [9.17, 15) is 4.79 Å². The van der Waals surface area contributed by atoms with Crippen LogP contribution in [-0.4, -0.2) is 31.8 Å². The first-order valence-electron chi connectivity index (χ1n) is 9.41. The highest BCUT2D eigenvalue weighted by Crippen LogP contribution is 2.22. The molecule has 8 heteroatoms. The summed E-state index contributed by atoms with van der Waals surface area (Å²) in [4.78, 5) is 22.3. The summed E-state index contributed by atoms with van der Waals surface area (Å²) in [6.07, 6.45) is 3.24. The first-order valence-corrected chi connectivity index (χ1v) is 9.41. The normalized spacial score (nSPS) is 11.1. The highest BCUT2D eigenvalue weighted by molar-refractivity contribution is 6.02. The van der Waals surface area contributed by atoms with Gasteiger partial charge in [-0.25, -0.2) is 4.98 Å². The van der Waals surface area contributed by atoms with Crippen molar-refractivity contribution >= 4 is 27.9 Å². The number of nitrogens with zero attached hydrogens (tertiary/aromatic N) is 4. The van der Waals surface area contributed by atoms with E-state index in [-0.39, 0.29) is 5.56 Å². The molecule has 5 rings (SSSR count). The van der Waals surface area contributed by atoms with Gasteiger partial charge in [-0.15, -0.1) is 0 Å². The minimum absolute atomic E-state index is 0.183. The summed E-state index contributed by atoms with van der Waals surface area (Å²) in [7, 11) is 1.64. The number of nitrogens with one attached hydrogen (secondary N) is 2. The number of rotatable bonds is 5. The number of para-hydroxylation sites is 1. The number of pyridine rings is 1. The number of methoxy groups -OCH3 is 1. The largest absolute Gasteiger partial charge is 0.497 e. The summed E-state index contributed by atoms with van der Waals surface area (Å²) in [5.41, 5.74) is 2.75. The van der Waals surface area contributed by atoms with Gasteiger partial charge in [-0.2, -0.15) is 10.1 Å². The third kappa shape index (κ3) is 3.04. The smallest absolute Gasteiger partial charge is 0.267 e. The monoisotopic (exact) mass is 398 g/mol. The Kier molecular flexibility index (Phi) is 4.36. The van der Waals surface area contributed by atoms with Crippen LogP contribution < -0.4 is 15.6 Å². The molecule has 2 aromatic carbocycles. The Labute approximate surface area is 171 Å². The Morgan fingerprint density at radius 3 is 2.60 bits per heavy atom. The van der Waals surface area contributed by atoms with Gasteiger partial charge in [0.15, 0.2) is 5.65 Å². The molecule has 0 aliphatic heterocycles. The van der Waals surface area contributed by atoms with Gasteiger partial charge in [0.1, 0.15) is 5.75 Å². The van der Waals surface area contributed by atoms with Crippen LogP contribution in [0.3, 0.4) is 0 Å². The molecule has 3 aromatic heterocycles. The molecular weight excluding hydrogens is 380 g/mol. The fraction of sp³-hybridized carbons (Fsp3) is 0.0909. The third-order valence-corrected chi connectivity index (χ3v) is 4.95. The summed E-state index contributed by atoms with van der Waals surface area (Å²) in [5.74, 6) is 1.23. The van der Waals surface area contributed by atoms with E-state index in [4.69, 9.17) is 4.74 Å². The highest BCUT2D eigenvalue weighted by atomic mass is 16.5. The lowest BCUT2D eigenvalue weighted by Gasteiger charge is -2.12. The second kappa shape index (κ2) is 7.32. The van der Waals surface area contributed by atoms with Crippen LogP contribution in [0.1, 0.15) is 5.56 Å². The molecule has 0 amide bonds. The lowest BCUT2D eigenvalue weighted by Crippen LogP contribution is -2.20. The minimum atomic E-state index is -0.183. The van der Waals surface area contributed by atoms with Crippen molar-refractivity contribution in [2.24, 2.45) is 0 Å². The molecule has 0 fully saturated rings. The van der Waals surface area contributed by atoms with E-state index >= 15 is 0 Å². The second-order valence-corrected chi connectivity index (χ2v) is 6.77. The maximum Gasteiger partial charge on any atom is 0.267 e. The van der Waals surface area contributed by atoms with Gasteiger partial charge in [0.25, 0.3) is 5.56 Å². The quantitative estimate of drug-likeness (QED) is 0.472. The van der Waals surface area contributed by atoms with E-state index in [0.717, 1.165) is 22.4 Å². The summed E-state index contributed by atoms with van der Waals surface area (Å²) in [6, 6.07) is 17.2. The predicted octanol–water partition coefficient (Wildman–Crippen LogP) is 3.28. The molecule has 0 saturated carbocycles. The predicted molar refractivity (Wildman–Crippen MR) is 115 cm³/mol. The number of H-pyrrole nitrogens is 1. The Bertz CT molecular complexity index is 1390. The van der Waals surface area contributed by atoms with Crippen molar-refractivity contribution in [2.75, 3.05) is 12.4 Å². The van der Waals surface area contributed by atoms with Gasteiger partial charge in [0, 0.05) is 12.7 Å². The highest BCUT2D eigenvalue weighted by Gasteiger charge is 2.16. The SMILES string of the molecule is COc1ccc(CNc2ncc3c4[nH]ncc4c(=O)n(-c4ccccc4)c3n2)cc1. The summed E-state index contributed by atoms with van der Waals surface area (Å²) in [6.45, 7) is 0.539. The molecule has 0 saturated heterocycles. The Morgan fingerprint density at radius 2 is 1.83 bits per heavy atom. The molecule has 148 valence electrons. The van der Waals surface area contributed by atoms with Gasteiger partial charge in [-0.1, -0.05) is 30.3 Å². The summed E-state index contributed by atoms with van der Waals surface area (Å²) in [5, 5.41) is 11.4. The van der Waals surface area contributed by atoms with Crippen molar-refractivity contribution in [3.8, 4) is 11.4 Å². The average molecular weight is 398 g/mol. The standard InChI is InChI=1S/C22H18N6O2/c1-30-16-9-7-14(8-10-16)11-23-22-24-12-17-19-18(13-25-27-19)21(29)28(20(17)26-22)15-5-3-2-4-6-15/h2-10,12-13H,11H2,1H3,(H,25,27)(H,23,24,26). The maximum absolute atomic E-state index is 13.2. The van der Waals surface area contributed by atoms with Crippen LogP contribution in [0.15, 0.2) is 71.8 Å². The van der Waals surface area contributed by atoms with Crippen molar-refractivity contribution in [1.29, 1.82) is 0 Å². The molecule has 3 heterocycles. The number of aromatic nitrogens is 5. The molecule has 30 heavy (non-hydrogen) atoms. The average Bonchev–Trinajstić information content (AvgIpc) is 3.29. The molecule has 0 aliphatic rings. The first kappa shape index (κ1) is 17.9. The number of ether oxygens (including phenoxy) is 1. The fourth-order valence-corrected chi connectivity index (χ4v) is 3.42. The van der Waals surface area contributed by atoms with Gasteiger partial charge < -0.3 is 10.1 Å². The summed E-state index contributed by atoms with van der Waals surface area (Å²) >= 11 is 0. The van der Waals surface area contributed by atoms with Crippen LogP contribution in [0.2, 0.25) is 0 Å². The molecule has 8 nitrogen and oxygen atoms in total. The number of benzene rings is 2. The molecule has 5 aromatic rings. The number of hydrogen-bond acceptors (Lipinski definition) is 6. The second-order valence-electron chi connectivity index (χ2n) is 6.77. The fourth-order valence-electron chi connectivity index (χ4n) is 3.42. The number of anilines is 1. The van der Waals surface area contributed by atoms with Crippen molar-refractivity contribution in [3.05, 3.63) is 82.9 Å². The van der Waals surface area contributed by atoms with Crippen LogP contribution in [0.5, 0.6) is 5.75 Å². The van der Waals surface area contributed by atoms with E-state index in [1.807, 2.05) is 54.6 Å². The molecular formula is C22H18N6O2. The van der Waals surface area contributed by atoms with Gasteiger partial charge in [-0.3, -0.25) is 14.5 Å². The van der Waals surface area contributed by atoms with Crippen LogP contribution >= 0.6 is 0 Å². The lowest BCUT2D eigenvalue weighted by atomic mass is 10.2. The van der Waals surface area contributed by atoms with Crippen molar-refractivity contribution in [1.82, 2.24) is 24.7 Å². The van der Waals surface area contributed by atoms with E-state index < -0.39 is 0 Å². The van der Waals surface area contributed by atoms with Crippen molar-refractivity contribution < 1.29 is 4.74 Å². The first-order chi connectivity index (χ1) is 14.7. The Morgan fingerprint density at radius 1 is 1.03 bits per heavy atom. The van der Waals surface area contributed by atoms with Gasteiger partial charge in [0.05, 0.1) is 35.3 Å². The Balaban J connectivity index is 1.60. The Hall–Kier alpha value is -4.20. The van der Waals surface area contributed by atoms with E-state index in [1.165, 1.54) is 6.20 Å². The number of aromatic amines is 1. The molecule has 0 atom stereocenters. The zero-order valence-corrected chi connectivity index (χ0v) is 16.2. The topological polar surface area (TPSA) is 97.7 Å². The zero-order valence-electron chi connectivity index (χ0n) is 16.2. The molecule has 0 aliphatic carbocycles. The van der Waals surface area contributed by atoms with E-state index in [1.54, 1.807) is 17.9 Å². The van der Waals surface area contributed by atoms with Gasteiger partial charge in [-0.05, 0) is 29.8 Å². The van der Waals surface area contributed by atoms with Crippen LogP contribution in [-0.2, 0) is 6.54 Å². The molecule has 0 spiro atoms. The lowest BCUT2D eigenvalue weighted by molar-refractivity contribution is 0.414. The van der Waals surface area contributed by atoms with Crippen molar-refractivity contribution in [2.45, 2.75) is 6.54 Å². The molecule has 0 bridgehead atoms. The molecule has 2 N–H and O–H groups in total. The van der Waals surface area contributed by atoms with Crippen LogP contribution in [0.25, 0.3) is 27.6 Å². The number of fused-ring (bicyclic) bond motifs is 3. The molecule has 0 unspecified atom stereocenters.